The Hall–Kier alpha value is -5.09. The molecule has 10 heteroatoms. The van der Waals surface area contributed by atoms with Gasteiger partial charge in [0.15, 0.2) is 10.8 Å². The molecule has 0 bridgehead atoms. The molecule has 3 aromatic carbocycles. The lowest BCUT2D eigenvalue weighted by atomic mass is 9.84. The highest BCUT2D eigenvalue weighted by Crippen LogP contribution is 2.37. The fourth-order valence-corrected chi connectivity index (χ4v) is 8.51. The summed E-state index contributed by atoms with van der Waals surface area (Å²) < 4.78 is 13.5. The highest BCUT2D eigenvalue weighted by atomic mass is 32.1. The van der Waals surface area contributed by atoms with Crippen molar-refractivity contribution in [1.29, 1.82) is 0 Å². The monoisotopic (exact) mass is 744 g/mol. The molecule has 54 heavy (non-hydrogen) atoms. The van der Waals surface area contributed by atoms with Crippen LogP contribution in [0.2, 0.25) is 0 Å². The van der Waals surface area contributed by atoms with Crippen molar-refractivity contribution < 1.29 is 23.9 Å². The number of aldehydes is 1. The van der Waals surface area contributed by atoms with Gasteiger partial charge in [0.1, 0.15) is 23.5 Å². The first-order valence-electron chi connectivity index (χ1n) is 19.0. The van der Waals surface area contributed by atoms with Crippen LogP contribution in [0.5, 0.6) is 5.75 Å². The first kappa shape index (κ1) is 37.2. The molecule has 3 heterocycles. The lowest BCUT2D eigenvalue weighted by Gasteiger charge is -2.31. The number of pyridine rings is 1. The van der Waals surface area contributed by atoms with Gasteiger partial charge in [-0.3, -0.25) is 10.1 Å². The average Bonchev–Trinajstić information content (AvgIpc) is 3.57. The van der Waals surface area contributed by atoms with Gasteiger partial charge in [-0.05, 0) is 131 Å². The van der Waals surface area contributed by atoms with Crippen LogP contribution in [0.3, 0.4) is 0 Å². The molecular formula is C44H48N4O5S. The molecule has 280 valence electrons. The highest BCUT2D eigenvalue weighted by Gasteiger charge is 2.29. The second kappa shape index (κ2) is 16.1. The molecule has 9 nitrogen and oxygen atoms in total. The van der Waals surface area contributed by atoms with E-state index in [9.17, 15) is 14.4 Å². The summed E-state index contributed by atoms with van der Waals surface area (Å²) in [5, 5.41) is 3.58. The van der Waals surface area contributed by atoms with Crippen LogP contribution < -0.4 is 15.0 Å². The third-order valence-electron chi connectivity index (χ3n) is 10.4. The molecule has 2 aromatic heterocycles. The summed E-state index contributed by atoms with van der Waals surface area (Å²) in [6.45, 7) is 8.73. The summed E-state index contributed by atoms with van der Waals surface area (Å²) in [6, 6.07) is 23.6. The van der Waals surface area contributed by atoms with Gasteiger partial charge in [0.25, 0.3) is 5.91 Å². The molecule has 5 aromatic rings. The number of nitrogens with one attached hydrogen (secondary N) is 1. The third kappa shape index (κ3) is 8.49. The molecule has 7 rings (SSSR count). The number of rotatable bonds is 11. The number of hydrogen-bond donors (Lipinski definition) is 1. The van der Waals surface area contributed by atoms with Crippen molar-refractivity contribution in [2.75, 3.05) is 16.8 Å². The largest absolute Gasteiger partial charge is 0.490 e. The minimum absolute atomic E-state index is 0.127. The van der Waals surface area contributed by atoms with E-state index in [1.807, 2.05) is 94.4 Å². The van der Waals surface area contributed by atoms with Crippen LogP contribution >= 0.6 is 11.3 Å². The maximum absolute atomic E-state index is 13.9. The molecule has 0 unspecified atom stereocenters. The summed E-state index contributed by atoms with van der Waals surface area (Å²) in [5.41, 5.74) is 5.52. The number of hydrogen-bond acceptors (Lipinski definition) is 9. The number of carbonyl (C=O) groups excluding carboxylic acids is 3. The van der Waals surface area contributed by atoms with Gasteiger partial charge in [-0.2, -0.15) is 0 Å². The minimum atomic E-state index is -0.715. The smallest absolute Gasteiger partial charge is 0.358 e. The fraction of sp³-hybridized carbons (Fsp3) is 0.386. The van der Waals surface area contributed by atoms with Gasteiger partial charge in [0, 0.05) is 30.6 Å². The van der Waals surface area contributed by atoms with Crippen molar-refractivity contribution in [3.05, 3.63) is 101 Å². The number of nitrogens with zero attached hydrogens (tertiary/aromatic N) is 3. The van der Waals surface area contributed by atoms with Crippen LogP contribution in [0.4, 0.5) is 10.9 Å². The molecule has 1 aliphatic carbocycles. The van der Waals surface area contributed by atoms with Gasteiger partial charge >= 0.3 is 5.97 Å². The van der Waals surface area contributed by atoms with Crippen LogP contribution in [0.1, 0.15) is 103 Å². The Morgan fingerprint density at radius 3 is 2.52 bits per heavy atom. The Kier molecular flexibility index (Phi) is 11.1. The van der Waals surface area contributed by atoms with E-state index >= 15 is 0 Å². The number of amides is 1. The van der Waals surface area contributed by atoms with E-state index in [0.717, 1.165) is 89.5 Å². The molecule has 1 amide bonds. The van der Waals surface area contributed by atoms with E-state index in [-0.39, 0.29) is 17.7 Å². The standard InChI is InChI=1S/C44H48N4O5S/c1-28-32(13-10-16-37(28)52-31-20-18-29(19-21-31)11-7-8-26-49)33-22-23-39(46-40(33)42(51)53-44(2,3)4)48-25-24-30-12-9-14-34(35(30)27-48)41(50)47-43-45-36-15-5-6-17-38(36)54-43/h5-6,9-10,12-17,22-23,26,29,31H,7-8,11,18-21,24-25,27H2,1-4H3,(H,45,47,50)/t29-,31-. The van der Waals surface area contributed by atoms with Gasteiger partial charge < -0.3 is 19.2 Å². The van der Waals surface area contributed by atoms with E-state index in [4.69, 9.17) is 14.5 Å². The Morgan fingerprint density at radius 2 is 1.74 bits per heavy atom. The van der Waals surface area contributed by atoms with Crippen molar-refractivity contribution in [2.45, 2.75) is 97.3 Å². The maximum atomic E-state index is 13.9. The number of para-hydroxylation sites is 1. The zero-order valence-corrected chi connectivity index (χ0v) is 32.3. The lowest BCUT2D eigenvalue weighted by molar-refractivity contribution is -0.108. The van der Waals surface area contributed by atoms with Gasteiger partial charge in [-0.25, -0.2) is 14.8 Å². The zero-order valence-electron chi connectivity index (χ0n) is 31.5. The molecule has 2 aliphatic rings. The number of anilines is 2. The topological polar surface area (TPSA) is 111 Å². The normalized spacial score (nSPS) is 17.1. The third-order valence-corrected chi connectivity index (χ3v) is 11.4. The van der Waals surface area contributed by atoms with E-state index in [1.165, 1.54) is 11.3 Å². The van der Waals surface area contributed by atoms with E-state index < -0.39 is 11.6 Å². The number of aromatic nitrogens is 2. The van der Waals surface area contributed by atoms with E-state index in [0.29, 0.717) is 47.5 Å². The number of carbonyl (C=O) groups is 3. The van der Waals surface area contributed by atoms with Crippen LogP contribution in [0, 0.1) is 12.8 Å². The van der Waals surface area contributed by atoms with E-state index in [2.05, 4.69) is 21.3 Å². The first-order chi connectivity index (χ1) is 26.1. The summed E-state index contributed by atoms with van der Waals surface area (Å²) in [6.07, 6.45) is 8.74. The number of fused-ring (bicyclic) bond motifs is 2. The highest BCUT2D eigenvalue weighted by molar-refractivity contribution is 7.22. The number of esters is 1. The van der Waals surface area contributed by atoms with Crippen molar-refractivity contribution in [2.24, 2.45) is 5.92 Å². The van der Waals surface area contributed by atoms with Gasteiger partial charge in [0.2, 0.25) is 0 Å². The molecule has 1 saturated carbocycles. The number of ether oxygens (including phenoxy) is 2. The molecule has 0 radical (unpaired) electrons. The Bertz CT molecular complexity index is 2130. The number of thiazole rings is 1. The zero-order chi connectivity index (χ0) is 37.8. The van der Waals surface area contributed by atoms with Crippen LogP contribution in [0.25, 0.3) is 21.3 Å². The second-order valence-electron chi connectivity index (χ2n) is 15.4. The SMILES string of the molecule is Cc1c(O[C@H]2CC[C@H](CCCC=O)CC2)cccc1-c1ccc(N2CCc3cccc(C(=O)Nc4nc5ccccc5s4)c3C2)nc1C(=O)OC(C)(C)C. The van der Waals surface area contributed by atoms with Gasteiger partial charge in [-0.15, -0.1) is 0 Å². The predicted octanol–water partition coefficient (Wildman–Crippen LogP) is 9.74. The fourth-order valence-electron chi connectivity index (χ4n) is 7.65. The second-order valence-corrected chi connectivity index (χ2v) is 16.4. The Morgan fingerprint density at radius 1 is 0.944 bits per heavy atom. The Labute approximate surface area is 321 Å². The van der Waals surface area contributed by atoms with Gasteiger partial charge in [0.05, 0.1) is 16.3 Å². The van der Waals surface area contributed by atoms with Crippen molar-refractivity contribution in [3.8, 4) is 16.9 Å². The summed E-state index contributed by atoms with van der Waals surface area (Å²) >= 11 is 1.45. The molecule has 0 atom stereocenters. The average molecular weight is 745 g/mol. The predicted molar refractivity (Wildman–Crippen MR) is 215 cm³/mol. The molecule has 1 N–H and O–H groups in total. The van der Waals surface area contributed by atoms with Crippen molar-refractivity contribution >= 4 is 50.7 Å². The van der Waals surface area contributed by atoms with Crippen molar-refractivity contribution in [3.63, 3.8) is 0 Å². The quantitative estimate of drug-likeness (QED) is 0.0809. The summed E-state index contributed by atoms with van der Waals surface area (Å²) in [7, 11) is 0. The summed E-state index contributed by atoms with van der Waals surface area (Å²) in [4.78, 5) is 50.0. The molecule has 1 aliphatic heterocycles. The van der Waals surface area contributed by atoms with Crippen LogP contribution in [0.15, 0.2) is 72.8 Å². The number of benzene rings is 3. The molecule has 0 spiro atoms. The lowest BCUT2D eigenvalue weighted by Crippen LogP contribution is -2.33. The molecular weight excluding hydrogens is 697 g/mol. The molecule has 1 fully saturated rings. The molecule has 0 saturated heterocycles. The Balaban J connectivity index is 1.13. The first-order valence-corrected chi connectivity index (χ1v) is 19.8. The van der Waals surface area contributed by atoms with Crippen LogP contribution in [-0.4, -0.2) is 46.4 Å². The van der Waals surface area contributed by atoms with E-state index in [1.54, 1.807) is 0 Å². The maximum Gasteiger partial charge on any atom is 0.358 e. The van der Waals surface area contributed by atoms with Crippen molar-refractivity contribution in [1.82, 2.24) is 9.97 Å². The van der Waals surface area contributed by atoms with Gasteiger partial charge in [-0.1, -0.05) is 54.2 Å². The summed E-state index contributed by atoms with van der Waals surface area (Å²) in [5.74, 6) is 1.40. The number of unbranched alkanes of at least 4 members (excludes halogenated alkanes) is 1. The van der Waals surface area contributed by atoms with Crippen LogP contribution in [-0.2, 0) is 22.5 Å². The minimum Gasteiger partial charge on any atom is -0.490 e.